The Kier molecular flexibility index (Phi) is 7.00. The summed E-state index contributed by atoms with van der Waals surface area (Å²) in [5, 5.41) is 9.22. The number of carbonyl (C=O) groups is 3. The second kappa shape index (κ2) is 9.75. The maximum atomic E-state index is 13.8. The van der Waals surface area contributed by atoms with Crippen molar-refractivity contribution in [3.63, 3.8) is 0 Å². The zero-order valence-corrected chi connectivity index (χ0v) is 18.8. The molecule has 0 radical (unpaired) electrons. The van der Waals surface area contributed by atoms with Gasteiger partial charge in [0.1, 0.15) is 17.6 Å². The molecule has 0 aromatic rings. The lowest BCUT2D eigenvalue weighted by molar-refractivity contribution is -0.154. The minimum absolute atomic E-state index is 0.0239. The number of hydrogen-bond donors (Lipinski definition) is 1. The van der Waals surface area contributed by atoms with Crippen LogP contribution in [0.15, 0.2) is 24.3 Å². The summed E-state index contributed by atoms with van der Waals surface area (Å²) in [7, 11) is 0. The highest BCUT2D eigenvalue weighted by atomic mass is 16.6. The van der Waals surface area contributed by atoms with Crippen LogP contribution < -0.4 is 0 Å². The number of nitrogens with zero attached hydrogens (tertiary/aromatic N) is 2. The van der Waals surface area contributed by atoms with Gasteiger partial charge in [-0.05, 0) is 32.1 Å². The number of likely N-dealkylation sites (tertiary alicyclic amines) is 1. The quantitative estimate of drug-likeness (QED) is 0.361. The van der Waals surface area contributed by atoms with Crippen molar-refractivity contribution in [3.05, 3.63) is 24.3 Å². The van der Waals surface area contributed by atoms with E-state index in [-0.39, 0.29) is 18.4 Å². The van der Waals surface area contributed by atoms with Crippen LogP contribution in [-0.4, -0.2) is 83.3 Å². The van der Waals surface area contributed by atoms with E-state index in [9.17, 15) is 19.5 Å². The molecule has 176 valence electrons. The van der Waals surface area contributed by atoms with Crippen LogP contribution in [0.3, 0.4) is 0 Å². The summed E-state index contributed by atoms with van der Waals surface area (Å²) in [6, 6.07) is -0.814. The molecule has 4 heterocycles. The van der Waals surface area contributed by atoms with Gasteiger partial charge in [-0.15, -0.1) is 0 Å². The average Bonchev–Trinajstić information content (AvgIpc) is 3.18. The SMILES string of the molecule is CCCCN1CC=C[C@]23O[C@H]4/C=C\CCCOC(=O)[C@H]4[C@H]2C(=O)N(CCCCO)C3C1=O. The average molecular weight is 447 g/mol. The Hall–Kier alpha value is -2.19. The Balaban J connectivity index is 1.75. The van der Waals surface area contributed by atoms with Gasteiger partial charge in [0, 0.05) is 26.2 Å². The van der Waals surface area contributed by atoms with Gasteiger partial charge in [0.15, 0.2) is 0 Å². The molecule has 32 heavy (non-hydrogen) atoms. The zero-order valence-electron chi connectivity index (χ0n) is 18.8. The number of fused-ring (bicyclic) bond motifs is 2. The van der Waals surface area contributed by atoms with Crippen molar-refractivity contribution >= 4 is 17.8 Å². The maximum absolute atomic E-state index is 13.8. The van der Waals surface area contributed by atoms with E-state index in [1.165, 1.54) is 0 Å². The first-order chi connectivity index (χ1) is 15.5. The van der Waals surface area contributed by atoms with E-state index in [4.69, 9.17) is 9.47 Å². The lowest BCUT2D eigenvalue weighted by atomic mass is 9.78. The van der Waals surface area contributed by atoms with Crippen LogP contribution in [0.25, 0.3) is 0 Å². The largest absolute Gasteiger partial charge is 0.465 e. The summed E-state index contributed by atoms with van der Waals surface area (Å²) in [5.41, 5.74) is -1.19. The molecular formula is C24H34N2O6. The van der Waals surface area contributed by atoms with Gasteiger partial charge in [-0.2, -0.15) is 0 Å². The molecule has 1 spiro atoms. The number of cyclic esters (lactones) is 1. The van der Waals surface area contributed by atoms with Gasteiger partial charge >= 0.3 is 5.97 Å². The molecule has 0 aromatic carbocycles. The molecule has 0 aliphatic carbocycles. The first-order valence-corrected chi connectivity index (χ1v) is 11.9. The van der Waals surface area contributed by atoms with Gasteiger partial charge in [0.05, 0.1) is 18.6 Å². The number of rotatable bonds is 7. The first-order valence-electron chi connectivity index (χ1n) is 11.9. The van der Waals surface area contributed by atoms with E-state index in [0.29, 0.717) is 39.1 Å². The molecule has 5 atom stereocenters. The fourth-order valence-electron chi connectivity index (χ4n) is 5.48. The monoisotopic (exact) mass is 446 g/mol. The van der Waals surface area contributed by atoms with Crippen LogP contribution in [0.4, 0.5) is 0 Å². The predicted molar refractivity (Wildman–Crippen MR) is 116 cm³/mol. The standard InChI is InChI=1S/C24H34N2O6/c1-2-3-12-25-13-9-11-24-19(18-17(32-24)10-5-4-8-16-31-23(18)30)21(28)26(14-6-7-15-27)20(24)22(25)29/h5,9-11,17-20,27H,2-4,6-8,12-16H2,1H3/b10-5-/t17-,18+,19-,20?,24-/m0/s1. The Morgan fingerprint density at radius 3 is 2.75 bits per heavy atom. The predicted octanol–water partition coefficient (Wildman–Crippen LogP) is 1.43. The molecule has 2 fully saturated rings. The van der Waals surface area contributed by atoms with Crippen molar-refractivity contribution in [1.82, 2.24) is 9.80 Å². The second-order valence-corrected chi connectivity index (χ2v) is 9.08. The molecule has 2 saturated heterocycles. The van der Waals surface area contributed by atoms with Crippen LogP contribution in [0.5, 0.6) is 0 Å². The number of esters is 1. The van der Waals surface area contributed by atoms with Crippen LogP contribution >= 0.6 is 0 Å². The summed E-state index contributed by atoms with van der Waals surface area (Å²) in [6.45, 7) is 3.83. The Morgan fingerprint density at radius 1 is 1.12 bits per heavy atom. The summed E-state index contributed by atoms with van der Waals surface area (Å²) in [6.07, 6.45) is 11.5. The van der Waals surface area contributed by atoms with Gasteiger partial charge in [0.2, 0.25) is 11.8 Å². The maximum Gasteiger partial charge on any atom is 0.312 e. The Morgan fingerprint density at radius 2 is 1.97 bits per heavy atom. The van der Waals surface area contributed by atoms with Crippen molar-refractivity contribution in [1.29, 1.82) is 0 Å². The second-order valence-electron chi connectivity index (χ2n) is 9.08. The first kappa shape index (κ1) is 23.0. The molecule has 8 heteroatoms. The third kappa shape index (κ3) is 3.88. The number of aliphatic hydroxyl groups is 1. The van der Waals surface area contributed by atoms with Crippen LogP contribution in [0.1, 0.15) is 45.4 Å². The van der Waals surface area contributed by atoms with Gasteiger partial charge in [-0.3, -0.25) is 14.4 Å². The highest BCUT2D eigenvalue weighted by Crippen LogP contribution is 2.53. The Bertz CT molecular complexity index is 795. The number of hydrogen-bond acceptors (Lipinski definition) is 6. The van der Waals surface area contributed by atoms with Gasteiger partial charge in [0.25, 0.3) is 0 Å². The topological polar surface area (TPSA) is 96.4 Å². The van der Waals surface area contributed by atoms with Gasteiger partial charge in [-0.1, -0.05) is 37.6 Å². The van der Waals surface area contributed by atoms with Crippen molar-refractivity contribution in [3.8, 4) is 0 Å². The third-order valence-corrected chi connectivity index (χ3v) is 7.02. The number of aliphatic hydroxyl groups excluding tert-OH is 1. The molecule has 0 aromatic heterocycles. The van der Waals surface area contributed by atoms with E-state index in [1.54, 1.807) is 9.80 Å². The van der Waals surface area contributed by atoms with E-state index in [2.05, 4.69) is 6.92 Å². The fourth-order valence-corrected chi connectivity index (χ4v) is 5.48. The van der Waals surface area contributed by atoms with Crippen LogP contribution in [-0.2, 0) is 23.9 Å². The lowest BCUT2D eigenvalue weighted by Gasteiger charge is -2.35. The van der Waals surface area contributed by atoms with E-state index >= 15 is 0 Å². The number of ether oxygens (including phenoxy) is 2. The number of carbonyl (C=O) groups excluding carboxylic acids is 3. The summed E-state index contributed by atoms with van der Waals surface area (Å²) < 4.78 is 12.0. The molecule has 2 amide bonds. The molecule has 1 unspecified atom stereocenters. The Labute approximate surface area is 189 Å². The van der Waals surface area contributed by atoms with Gasteiger partial charge in [-0.25, -0.2) is 0 Å². The number of amides is 2. The van der Waals surface area contributed by atoms with E-state index in [0.717, 1.165) is 25.7 Å². The zero-order chi connectivity index (χ0) is 22.7. The van der Waals surface area contributed by atoms with E-state index < -0.39 is 35.6 Å². The highest BCUT2D eigenvalue weighted by molar-refractivity contribution is 5.99. The minimum Gasteiger partial charge on any atom is -0.465 e. The van der Waals surface area contributed by atoms with Crippen molar-refractivity contribution < 1.29 is 29.0 Å². The minimum atomic E-state index is -1.19. The lowest BCUT2D eigenvalue weighted by Crippen LogP contribution is -2.55. The summed E-state index contributed by atoms with van der Waals surface area (Å²) >= 11 is 0. The normalized spacial score (nSPS) is 35.4. The molecule has 8 nitrogen and oxygen atoms in total. The molecule has 4 aliphatic rings. The van der Waals surface area contributed by atoms with Crippen LogP contribution in [0.2, 0.25) is 0 Å². The molecule has 0 saturated carbocycles. The number of allylic oxidation sites excluding steroid dienone is 1. The molecule has 0 bridgehead atoms. The number of unbranched alkanes of at least 4 members (excludes halogenated alkanes) is 2. The van der Waals surface area contributed by atoms with Crippen molar-refractivity contribution in [2.24, 2.45) is 11.8 Å². The third-order valence-electron chi connectivity index (χ3n) is 7.02. The fraction of sp³-hybridized carbons (Fsp3) is 0.708. The smallest absolute Gasteiger partial charge is 0.312 e. The van der Waals surface area contributed by atoms with Crippen LogP contribution in [0, 0.1) is 11.8 Å². The molecule has 1 N–H and O–H groups in total. The highest BCUT2D eigenvalue weighted by Gasteiger charge is 2.71. The van der Waals surface area contributed by atoms with Crippen molar-refractivity contribution in [2.45, 2.75) is 63.2 Å². The molecular weight excluding hydrogens is 412 g/mol. The van der Waals surface area contributed by atoms with Gasteiger partial charge < -0.3 is 24.4 Å². The summed E-state index contributed by atoms with van der Waals surface area (Å²) in [4.78, 5) is 43.9. The van der Waals surface area contributed by atoms with Crippen molar-refractivity contribution in [2.75, 3.05) is 32.8 Å². The van der Waals surface area contributed by atoms with E-state index in [1.807, 2.05) is 24.3 Å². The molecule has 4 aliphatic heterocycles. The summed E-state index contributed by atoms with van der Waals surface area (Å²) in [5.74, 6) is -2.37. The molecule has 4 rings (SSSR count).